The van der Waals surface area contributed by atoms with E-state index < -0.39 is 0 Å². The average Bonchev–Trinajstić information content (AvgIpc) is 3.18. The monoisotopic (exact) mass is 317 g/mol. The average molecular weight is 317 g/mol. The van der Waals surface area contributed by atoms with Gasteiger partial charge >= 0.3 is 0 Å². The molecule has 0 saturated carbocycles. The van der Waals surface area contributed by atoms with Crippen molar-refractivity contribution in [3.8, 4) is 0 Å². The molecule has 1 N–H and O–H groups in total. The van der Waals surface area contributed by atoms with Gasteiger partial charge in [-0.3, -0.25) is 9.69 Å². The number of furan rings is 1. The number of amides is 1. The van der Waals surface area contributed by atoms with Gasteiger partial charge in [-0.15, -0.1) is 5.10 Å². The molecule has 124 valence electrons. The second-order valence-electron chi connectivity index (χ2n) is 6.32. The third-order valence-electron chi connectivity index (χ3n) is 3.98. The molecule has 1 fully saturated rings. The molecule has 0 radical (unpaired) electrons. The first kappa shape index (κ1) is 15.7. The van der Waals surface area contributed by atoms with Crippen LogP contribution in [0.15, 0.2) is 29.0 Å². The standard InChI is InChI=1S/C16H23N5O2/c1-12(2)17-16(22)15-11-21(19-18-15)13-5-3-7-20(9-13)10-14-6-4-8-23-14/h4,6,8,11-13H,3,5,7,9-10H2,1-2H3,(H,17,22). The first-order valence-electron chi connectivity index (χ1n) is 8.09. The van der Waals surface area contributed by atoms with Crippen LogP contribution in [0, 0.1) is 0 Å². The quantitative estimate of drug-likeness (QED) is 0.910. The van der Waals surface area contributed by atoms with E-state index in [4.69, 9.17) is 4.42 Å². The molecule has 23 heavy (non-hydrogen) atoms. The predicted molar refractivity (Wildman–Crippen MR) is 84.9 cm³/mol. The maximum absolute atomic E-state index is 12.0. The van der Waals surface area contributed by atoms with Gasteiger partial charge < -0.3 is 9.73 Å². The lowest BCUT2D eigenvalue weighted by Gasteiger charge is -2.31. The van der Waals surface area contributed by atoms with E-state index in [1.807, 2.05) is 30.7 Å². The zero-order chi connectivity index (χ0) is 16.2. The van der Waals surface area contributed by atoms with Crippen molar-refractivity contribution < 1.29 is 9.21 Å². The first-order valence-corrected chi connectivity index (χ1v) is 8.09. The highest BCUT2D eigenvalue weighted by Gasteiger charge is 2.24. The summed E-state index contributed by atoms with van der Waals surface area (Å²) in [5.41, 5.74) is 0.377. The smallest absolute Gasteiger partial charge is 0.273 e. The summed E-state index contributed by atoms with van der Waals surface area (Å²) in [5, 5.41) is 11.0. The minimum absolute atomic E-state index is 0.0890. The number of piperidine rings is 1. The number of carbonyl (C=O) groups is 1. The number of hydrogen-bond donors (Lipinski definition) is 1. The van der Waals surface area contributed by atoms with E-state index in [9.17, 15) is 4.79 Å². The summed E-state index contributed by atoms with van der Waals surface area (Å²) >= 11 is 0. The molecule has 1 unspecified atom stereocenters. The Hall–Kier alpha value is -2.15. The highest BCUT2D eigenvalue weighted by atomic mass is 16.3. The molecule has 1 atom stereocenters. The molecule has 3 rings (SSSR count). The number of nitrogens with zero attached hydrogens (tertiary/aromatic N) is 4. The van der Waals surface area contributed by atoms with Crippen molar-refractivity contribution in [2.45, 2.75) is 45.3 Å². The first-order chi connectivity index (χ1) is 11.1. The molecule has 2 aromatic heterocycles. The lowest BCUT2D eigenvalue weighted by molar-refractivity contribution is 0.0938. The van der Waals surface area contributed by atoms with Crippen molar-refractivity contribution in [2.24, 2.45) is 0 Å². The van der Waals surface area contributed by atoms with Gasteiger partial charge in [0.2, 0.25) is 0 Å². The summed E-state index contributed by atoms with van der Waals surface area (Å²) < 4.78 is 7.24. The van der Waals surface area contributed by atoms with E-state index in [2.05, 4.69) is 20.5 Å². The summed E-state index contributed by atoms with van der Waals surface area (Å²) in [5.74, 6) is 0.802. The van der Waals surface area contributed by atoms with E-state index in [1.54, 1.807) is 12.5 Å². The van der Waals surface area contributed by atoms with Gasteiger partial charge in [0.15, 0.2) is 5.69 Å². The zero-order valence-electron chi connectivity index (χ0n) is 13.6. The maximum atomic E-state index is 12.0. The molecular formula is C16H23N5O2. The van der Waals surface area contributed by atoms with Crippen LogP contribution in [0.25, 0.3) is 0 Å². The molecule has 0 spiro atoms. The van der Waals surface area contributed by atoms with Gasteiger partial charge in [-0.25, -0.2) is 4.68 Å². The number of hydrogen-bond acceptors (Lipinski definition) is 5. The molecular weight excluding hydrogens is 294 g/mol. The fourth-order valence-electron chi connectivity index (χ4n) is 2.91. The third-order valence-corrected chi connectivity index (χ3v) is 3.98. The van der Waals surface area contributed by atoms with Gasteiger partial charge in [0.05, 0.1) is 25.0 Å². The fraction of sp³-hybridized carbons (Fsp3) is 0.562. The minimum atomic E-state index is -0.172. The van der Waals surface area contributed by atoms with Crippen LogP contribution in [0.5, 0.6) is 0 Å². The summed E-state index contributed by atoms with van der Waals surface area (Å²) in [7, 11) is 0. The number of carbonyl (C=O) groups excluding carboxylic acids is 1. The summed E-state index contributed by atoms with van der Waals surface area (Å²) in [6, 6.07) is 4.24. The molecule has 3 heterocycles. The lowest BCUT2D eigenvalue weighted by Crippen LogP contribution is -2.36. The van der Waals surface area contributed by atoms with Crippen LogP contribution >= 0.6 is 0 Å². The van der Waals surface area contributed by atoms with Gasteiger partial charge in [0.1, 0.15) is 5.76 Å². The maximum Gasteiger partial charge on any atom is 0.273 e. The van der Waals surface area contributed by atoms with E-state index in [-0.39, 0.29) is 18.0 Å². The van der Waals surface area contributed by atoms with Gasteiger partial charge in [-0.2, -0.15) is 0 Å². The van der Waals surface area contributed by atoms with Crippen molar-refractivity contribution in [3.63, 3.8) is 0 Å². The van der Waals surface area contributed by atoms with Crippen LogP contribution in [-0.2, 0) is 6.54 Å². The van der Waals surface area contributed by atoms with Gasteiger partial charge in [-0.05, 0) is 45.4 Å². The van der Waals surface area contributed by atoms with Crippen molar-refractivity contribution >= 4 is 5.91 Å². The Morgan fingerprint density at radius 3 is 3.13 bits per heavy atom. The number of likely N-dealkylation sites (tertiary alicyclic amines) is 1. The van der Waals surface area contributed by atoms with Crippen molar-refractivity contribution in [1.29, 1.82) is 0 Å². The molecule has 1 aliphatic heterocycles. The fourth-order valence-corrected chi connectivity index (χ4v) is 2.91. The highest BCUT2D eigenvalue weighted by Crippen LogP contribution is 2.22. The van der Waals surface area contributed by atoms with Crippen LogP contribution in [0.1, 0.15) is 49.0 Å². The number of nitrogens with one attached hydrogen (secondary N) is 1. The number of aromatic nitrogens is 3. The molecule has 0 aliphatic carbocycles. The summed E-state index contributed by atoms with van der Waals surface area (Å²) in [6.07, 6.45) is 5.59. The Balaban J connectivity index is 1.62. The molecule has 1 saturated heterocycles. The zero-order valence-corrected chi connectivity index (χ0v) is 13.6. The Morgan fingerprint density at radius 2 is 2.39 bits per heavy atom. The number of rotatable bonds is 5. The Bertz CT molecular complexity index is 635. The van der Waals surface area contributed by atoms with Crippen molar-refractivity contribution in [2.75, 3.05) is 13.1 Å². The van der Waals surface area contributed by atoms with E-state index >= 15 is 0 Å². The van der Waals surface area contributed by atoms with Crippen molar-refractivity contribution in [3.05, 3.63) is 36.0 Å². The molecule has 7 nitrogen and oxygen atoms in total. The topological polar surface area (TPSA) is 76.2 Å². The molecule has 7 heteroatoms. The molecule has 0 aromatic carbocycles. The van der Waals surface area contributed by atoms with Crippen LogP contribution in [0.4, 0.5) is 0 Å². The Kier molecular flexibility index (Phi) is 4.76. The second-order valence-corrected chi connectivity index (χ2v) is 6.32. The Labute approximate surface area is 135 Å². The SMILES string of the molecule is CC(C)NC(=O)c1cn(C2CCCN(Cc3ccco3)C2)nn1. The predicted octanol–water partition coefficient (Wildman–Crippen LogP) is 1.85. The van der Waals surface area contributed by atoms with E-state index in [0.717, 1.165) is 38.2 Å². The highest BCUT2D eigenvalue weighted by molar-refractivity contribution is 5.91. The van der Waals surface area contributed by atoms with Crippen LogP contribution in [-0.4, -0.2) is 44.9 Å². The molecule has 1 aliphatic rings. The normalized spacial score (nSPS) is 19.2. The molecule has 2 aromatic rings. The largest absolute Gasteiger partial charge is 0.468 e. The summed E-state index contributed by atoms with van der Waals surface area (Å²) in [4.78, 5) is 14.3. The van der Waals surface area contributed by atoms with E-state index in [0.29, 0.717) is 5.69 Å². The third kappa shape index (κ3) is 3.98. The second kappa shape index (κ2) is 6.95. The van der Waals surface area contributed by atoms with Crippen LogP contribution in [0.3, 0.4) is 0 Å². The van der Waals surface area contributed by atoms with Crippen molar-refractivity contribution in [1.82, 2.24) is 25.2 Å². The van der Waals surface area contributed by atoms with Gasteiger partial charge in [0, 0.05) is 12.6 Å². The van der Waals surface area contributed by atoms with Crippen LogP contribution < -0.4 is 5.32 Å². The minimum Gasteiger partial charge on any atom is -0.468 e. The summed E-state index contributed by atoms with van der Waals surface area (Å²) in [6.45, 7) is 6.59. The van der Waals surface area contributed by atoms with Crippen LogP contribution in [0.2, 0.25) is 0 Å². The van der Waals surface area contributed by atoms with Gasteiger partial charge in [-0.1, -0.05) is 5.21 Å². The molecule has 0 bridgehead atoms. The van der Waals surface area contributed by atoms with Gasteiger partial charge in [0.25, 0.3) is 5.91 Å². The Morgan fingerprint density at radius 1 is 1.52 bits per heavy atom. The van der Waals surface area contributed by atoms with E-state index in [1.165, 1.54) is 0 Å². The molecule has 1 amide bonds. The lowest BCUT2D eigenvalue weighted by atomic mass is 10.1.